The summed E-state index contributed by atoms with van der Waals surface area (Å²) in [4.78, 5) is 0. The van der Waals surface area contributed by atoms with Gasteiger partial charge in [0, 0.05) is 41.3 Å². The van der Waals surface area contributed by atoms with Crippen molar-refractivity contribution in [2.24, 2.45) is 11.7 Å². The highest BCUT2D eigenvalue weighted by atomic mass is 15.4. The van der Waals surface area contributed by atoms with Gasteiger partial charge in [-0.2, -0.15) is 0 Å². The van der Waals surface area contributed by atoms with E-state index in [1.807, 2.05) is 13.8 Å². The van der Waals surface area contributed by atoms with Crippen LogP contribution in [0.4, 0.5) is 11.4 Å². The van der Waals surface area contributed by atoms with E-state index in [-0.39, 0.29) is 0 Å². The number of hydrogen-bond acceptors (Lipinski definition) is 1. The Labute approximate surface area is 509 Å². The molecule has 1 aliphatic heterocycles. The molecule has 1 heterocycles. The second-order valence-electron chi connectivity index (χ2n) is 24.7. The predicted molar refractivity (Wildman–Crippen MR) is 369 cm³/mol. The van der Waals surface area contributed by atoms with Crippen LogP contribution in [0.15, 0.2) is 211 Å². The molecular weight excluding hydrogens is 1010 g/mol. The van der Waals surface area contributed by atoms with E-state index in [1.165, 1.54) is 158 Å². The molecule has 0 amide bonds. The number of benzene rings is 7. The van der Waals surface area contributed by atoms with Crippen molar-refractivity contribution in [3.05, 3.63) is 255 Å². The molecule has 7 aromatic rings. The van der Waals surface area contributed by atoms with Gasteiger partial charge in [-0.3, -0.25) is 4.48 Å². The number of allylic oxidation sites excluding steroid dienone is 7. The number of nitrogens with two attached hydrogens (primary N) is 1. The van der Waals surface area contributed by atoms with Crippen LogP contribution in [-0.2, 0) is 0 Å². The molecule has 0 bridgehead atoms. The summed E-state index contributed by atoms with van der Waals surface area (Å²) in [7, 11) is 0. The fourth-order valence-electron chi connectivity index (χ4n) is 13.3. The van der Waals surface area contributed by atoms with Gasteiger partial charge >= 0.3 is 0 Å². The summed E-state index contributed by atoms with van der Waals surface area (Å²) in [5, 5.41) is 0. The topological polar surface area (TPSA) is 26.0 Å². The van der Waals surface area contributed by atoms with Gasteiger partial charge in [-0.05, 0) is 182 Å². The lowest BCUT2D eigenvalue weighted by Crippen LogP contribution is -2.43. The first-order valence-corrected chi connectivity index (χ1v) is 32.5. The third-order valence-electron chi connectivity index (χ3n) is 18.3. The Balaban J connectivity index is 0.000000168. The summed E-state index contributed by atoms with van der Waals surface area (Å²) >= 11 is 0. The first kappa shape index (κ1) is 63.0. The summed E-state index contributed by atoms with van der Waals surface area (Å²) in [6.45, 7) is 28.7. The molecule has 7 aromatic carbocycles. The maximum Gasteiger partial charge on any atom is 0.146 e. The van der Waals surface area contributed by atoms with Gasteiger partial charge < -0.3 is 5.73 Å². The predicted octanol–water partition coefficient (Wildman–Crippen LogP) is 23.7. The zero-order valence-electron chi connectivity index (χ0n) is 53.6. The zero-order valence-corrected chi connectivity index (χ0v) is 53.6. The summed E-state index contributed by atoms with van der Waals surface area (Å²) < 4.78 is 0.888. The second kappa shape index (κ2) is 30.2. The highest BCUT2D eigenvalue weighted by Gasteiger charge is 2.42. The minimum Gasteiger partial charge on any atom is -0.399 e. The van der Waals surface area contributed by atoms with Gasteiger partial charge in [0.2, 0.25) is 0 Å². The van der Waals surface area contributed by atoms with Crippen molar-refractivity contribution in [1.29, 1.82) is 0 Å². The molecule has 2 nitrogen and oxygen atoms in total. The summed E-state index contributed by atoms with van der Waals surface area (Å²) in [6.07, 6.45) is 26.9. The molecule has 2 N–H and O–H groups in total. The van der Waals surface area contributed by atoms with E-state index in [0.717, 1.165) is 48.4 Å². The van der Waals surface area contributed by atoms with Crippen LogP contribution < -0.4 is 10.2 Å². The maximum atomic E-state index is 6.62. The lowest BCUT2D eigenvalue weighted by molar-refractivity contribution is 0.415. The monoisotopic (exact) mass is 1110 g/mol. The highest BCUT2D eigenvalue weighted by molar-refractivity contribution is 5.94. The Morgan fingerprint density at radius 1 is 0.619 bits per heavy atom. The minimum absolute atomic E-state index is 0.448. The van der Waals surface area contributed by atoms with Crippen molar-refractivity contribution in [3.8, 4) is 33.4 Å². The van der Waals surface area contributed by atoms with Crippen molar-refractivity contribution < 1.29 is 0 Å². The Bertz CT molecular complexity index is 3420. The molecule has 0 radical (unpaired) electrons. The Hall–Kier alpha value is -7.00. The third kappa shape index (κ3) is 14.9. The SMILES string of the molecule is C1CCC1.CC.CCCC1=C(c2cccc(-c3cccc(-c4ccccc4C)c3C3CC3)c2C)C=CC1.CC[N+]1(CCC=C(N)C2=CCC(c3ccccc3C)C(C)=C2)c2ccccc2-c2ccccc21.Cc1cccc(C(C)CC(C)C)c1. The van der Waals surface area contributed by atoms with E-state index in [9.17, 15) is 0 Å². The largest absolute Gasteiger partial charge is 0.399 e. The average molecular weight is 1110 g/mol. The van der Waals surface area contributed by atoms with Crippen molar-refractivity contribution >= 4 is 16.9 Å². The minimum atomic E-state index is 0.448. The lowest BCUT2D eigenvalue weighted by Gasteiger charge is -2.34. The fraction of sp³-hybridized carbons (Fsp3) is 0.366. The Morgan fingerprint density at radius 3 is 1.75 bits per heavy atom. The number of fused-ring (bicyclic) bond motifs is 3. The van der Waals surface area contributed by atoms with Crippen LogP contribution in [0.3, 0.4) is 0 Å². The van der Waals surface area contributed by atoms with Crippen LogP contribution in [0.1, 0.15) is 195 Å². The van der Waals surface area contributed by atoms with E-state index in [2.05, 4.69) is 257 Å². The number of hydrogen-bond donors (Lipinski definition) is 1. The van der Waals surface area contributed by atoms with E-state index in [1.54, 1.807) is 11.1 Å². The van der Waals surface area contributed by atoms with Crippen LogP contribution in [-0.4, -0.2) is 13.1 Å². The number of para-hydroxylation sites is 2. The molecule has 4 aliphatic carbocycles. The van der Waals surface area contributed by atoms with Gasteiger partial charge in [0.1, 0.15) is 11.4 Å². The van der Waals surface area contributed by atoms with E-state index in [0.29, 0.717) is 17.8 Å². The molecule has 2 fully saturated rings. The number of nitrogens with zero attached hydrogens (tertiary/aromatic N) is 1. The van der Waals surface area contributed by atoms with Crippen molar-refractivity contribution in [2.75, 3.05) is 13.1 Å². The van der Waals surface area contributed by atoms with Crippen LogP contribution in [0.5, 0.6) is 0 Å². The summed E-state index contributed by atoms with van der Waals surface area (Å²) in [6, 6.07) is 58.0. The smallest absolute Gasteiger partial charge is 0.146 e. The zero-order chi connectivity index (χ0) is 59.8. The van der Waals surface area contributed by atoms with Crippen molar-refractivity contribution in [1.82, 2.24) is 4.48 Å². The molecule has 0 spiro atoms. The van der Waals surface area contributed by atoms with E-state index >= 15 is 0 Å². The second-order valence-corrected chi connectivity index (χ2v) is 24.7. The molecule has 438 valence electrons. The summed E-state index contributed by atoms with van der Waals surface area (Å²) in [5.74, 6) is 2.62. The summed E-state index contributed by atoms with van der Waals surface area (Å²) in [5.41, 5.74) is 35.7. The maximum absolute atomic E-state index is 6.62. The normalized spacial score (nSPS) is 16.6. The molecule has 5 aliphatic rings. The number of rotatable bonds is 15. The molecule has 84 heavy (non-hydrogen) atoms. The van der Waals surface area contributed by atoms with Gasteiger partial charge in [-0.15, -0.1) is 0 Å². The van der Waals surface area contributed by atoms with Crippen LogP contribution in [0.2, 0.25) is 0 Å². The molecule has 2 saturated carbocycles. The van der Waals surface area contributed by atoms with Crippen LogP contribution >= 0.6 is 0 Å². The van der Waals surface area contributed by atoms with Crippen LogP contribution in [0, 0.1) is 33.6 Å². The standard InChI is InChI=1S/C32H35N2.C31H32.C13H20.C4H8.C2H6/c1-4-34(31-17-9-7-14-28(31)29-15-8-10-18-32(29)34)21-11-16-30(33)25-19-20-27(24(3)22-25)26-13-6-5-12-23(26)2;1-4-10-23-12-7-16-28(23)26-14-8-15-27(22(26)3)30-18-9-17-29(31(30)24-19-20-24)25-13-6-5-11-21(25)2;1-10(2)8-12(4)13-7-5-6-11(3)9-13;1-2-4-3-1;1-2/h5-10,12-19,22,27H,4,11,20-21,33H2,1-3H3;5-9,11,13-18,24H,4,10,12,19-20H2,1-3H3;5-7,9-10,12H,8H2,1-4H3;1-4H2;1-2H3/q+1;;;;. The molecule has 0 saturated heterocycles. The van der Waals surface area contributed by atoms with Crippen molar-refractivity contribution in [2.45, 2.75) is 178 Å². The average Bonchev–Trinajstić information content (AvgIpc) is 4.41. The van der Waals surface area contributed by atoms with Crippen LogP contribution in [0.25, 0.3) is 39.0 Å². The first-order valence-electron chi connectivity index (χ1n) is 32.5. The molecule has 12 rings (SSSR count). The van der Waals surface area contributed by atoms with Gasteiger partial charge in [0.25, 0.3) is 0 Å². The quantitative estimate of drug-likeness (QED) is 0.102. The molecule has 2 unspecified atom stereocenters. The van der Waals surface area contributed by atoms with Gasteiger partial charge in [0.05, 0.1) is 13.1 Å². The first-order chi connectivity index (χ1) is 40.8. The number of aryl methyl sites for hydroxylation is 3. The van der Waals surface area contributed by atoms with Gasteiger partial charge in [0.15, 0.2) is 0 Å². The van der Waals surface area contributed by atoms with Gasteiger partial charge in [-0.1, -0.05) is 254 Å². The Morgan fingerprint density at radius 2 is 1.18 bits per heavy atom. The molecular formula is C82H101N2+. The van der Waals surface area contributed by atoms with E-state index < -0.39 is 0 Å². The van der Waals surface area contributed by atoms with Gasteiger partial charge in [-0.25, -0.2) is 0 Å². The highest BCUT2D eigenvalue weighted by Crippen LogP contribution is 2.53. The third-order valence-corrected chi connectivity index (χ3v) is 18.3. The van der Waals surface area contributed by atoms with E-state index in [4.69, 9.17) is 5.73 Å². The fourth-order valence-corrected chi connectivity index (χ4v) is 13.3. The lowest BCUT2D eigenvalue weighted by atomic mass is 9.82. The molecule has 0 aromatic heterocycles. The molecule has 2 heteroatoms. The Kier molecular flexibility index (Phi) is 22.7. The number of quaternary nitrogens is 1. The van der Waals surface area contributed by atoms with Crippen molar-refractivity contribution in [3.63, 3.8) is 0 Å². The molecule has 2 atom stereocenters.